The molecular weight excluding hydrogens is 230 g/mol. The standard InChI is InChI=1S/C9H17N3O3S/c1-6(2)14-4-7(13)5-16-9-12-11-8(3-10)15-9/h6-7,13H,3-5,10H2,1-2H3. The van der Waals surface area contributed by atoms with Crippen LogP contribution in [0.4, 0.5) is 0 Å². The number of aliphatic hydroxyl groups is 1. The van der Waals surface area contributed by atoms with Crippen LogP contribution in [0.1, 0.15) is 19.7 Å². The Morgan fingerprint density at radius 1 is 1.50 bits per heavy atom. The molecule has 0 radical (unpaired) electrons. The first-order valence-corrected chi connectivity index (χ1v) is 6.05. The lowest BCUT2D eigenvalue weighted by molar-refractivity contribution is 0.0152. The third kappa shape index (κ3) is 4.93. The Hall–Kier alpha value is -0.630. The van der Waals surface area contributed by atoms with E-state index in [1.165, 1.54) is 11.8 Å². The predicted molar refractivity (Wildman–Crippen MR) is 60.0 cm³/mol. The highest BCUT2D eigenvalue weighted by Gasteiger charge is 2.10. The van der Waals surface area contributed by atoms with Crippen molar-refractivity contribution < 1.29 is 14.3 Å². The first-order valence-electron chi connectivity index (χ1n) is 5.06. The van der Waals surface area contributed by atoms with Crippen LogP contribution in [0.5, 0.6) is 0 Å². The topological polar surface area (TPSA) is 94.4 Å². The van der Waals surface area contributed by atoms with Gasteiger partial charge in [0.2, 0.25) is 5.89 Å². The summed E-state index contributed by atoms with van der Waals surface area (Å²) in [5, 5.41) is 17.5. The van der Waals surface area contributed by atoms with Gasteiger partial charge >= 0.3 is 0 Å². The van der Waals surface area contributed by atoms with E-state index in [0.29, 0.717) is 23.5 Å². The van der Waals surface area contributed by atoms with Crippen molar-refractivity contribution in [1.82, 2.24) is 10.2 Å². The first kappa shape index (κ1) is 13.4. The predicted octanol–water partition coefficient (Wildman–Crippen LogP) is 0.406. The van der Waals surface area contributed by atoms with Crippen LogP contribution in [0.15, 0.2) is 9.64 Å². The zero-order valence-corrected chi connectivity index (χ0v) is 10.2. The number of aliphatic hydroxyl groups excluding tert-OH is 1. The van der Waals surface area contributed by atoms with Gasteiger partial charge in [-0.2, -0.15) is 0 Å². The molecule has 1 unspecified atom stereocenters. The van der Waals surface area contributed by atoms with Crippen LogP contribution in [-0.2, 0) is 11.3 Å². The van der Waals surface area contributed by atoms with Crippen molar-refractivity contribution in [3.05, 3.63) is 5.89 Å². The van der Waals surface area contributed by atoms with E-state index >= 15 is 0 Å². The maximum Gasteiger partial charge on any atom is 0.276 e. The number of hydrogen-bond acceptors (Lipinski definition) is 7. The molecule has 0 aromatic carbocycles. The molecule has 3 N–H and O–H groups in total. The minimum absolute atomic E-state index is 0.117. The molecule has 0 aliphatic heterocycles. The zero-order valence-electron chi connectivity index (χ0n) is 9.42. The summed E-state index contributed by atoms with van der Waals surface area (Å²) in [6.07, 6.45) is -0.424. The second-order valence-electron chi connectivity index (χ2n) is 3.51. The molecule has 1 aromatic rings. The SMILES string of the molecule is CC(C)OCC(O)CSc1nnc(CN)o1. The Morgan fingerprint density at radius 2 is 2.25 bits per heavy atom. The maximum absolute atomic E-state index is 9.56. The Labute approximate surface area is 98.6 Å². The monoisotopic (exact) mass is 247 g/mol. The zero-order chi connectivity index (χ0) is 12.0. The molecule has 6 nitrogen and oxygen atoms in total. The number of thioether (sulfide) groups is 1. The van der Waals surface area contributed by atoms with Gasteiger partial charge in [-0.25, -0.2) is 0 Å². The number of rotatable bonds is 7. The summed E-state index contributed by atoms with van der Waals surface area (Å²) in [5.74, 6) is 0.856. The van der Waals surface area contributed by atoms with Gasteiger partial charge in [0.25, 0.3) is 5.22 Å². The van der Waals surface area contributed by atoms with Crippen molar-refractivity contribution in [3.8, 4) is 0 Å². The summed E-state index contributed by atoms with van der Waals surface area (Å²) in [6.45, 7) is 4.38. The van der Waals surface area contributed by atoms with Crippen LogP contribution < -0.4 is 5.73 Å². The molecule has 1 rings (SSSR count). The van der Waals surface area contributed by atoms with E-state index < -0.39 is 6.10 Å². The lowest BCUT2D eigenvalue weighted by atomic mass is 10.4. The Bertz CT molecular complexity index is 306. The smallest absolute Gasteiger partial charge is 0.276 e. The summed E-state index contributed by atoms with van der Waals surface area (Å²) in [5.41, 5.74) is 5.33. The lowest BCUT2D eigenvalue weighted by Gasteiger charge is -2.11. The van der Waals surface area contributed by atoms with Crippen LogP contribution in [-0.4, -0.2) is 39.9 Å². The summed E-state index contributed by atoms with van der Waals surface area (Å²) in [7, 11) is 0. The van der Waals surface area contributed by atoms with Gasteiger partial charge in [-0.1, -0.05) is 11.8 Å². The van der Waals surface area contributed by atoms with Crippen molar-refractivity contribution in [2.24, 2.45) is 5.73 Å². The van der Waals surface area contributed by atoms with Gasteiger partial charge in [-0.3, -0.25) is 0 Å². The van der Waals surface area contributed by atoms with Gasteiger partial charge < -0.3 is 20.0 Å². The molecule has 0 bridgehead atoms. The fraction of sp³-hybridized carbons (Fsp3) is 0.778. The van der Waals surface area contributed by atoms with Crippen molar-refractivity contribution in [3.63, 3.8) is 0 Å². The Morgan fingerprint density at radius 3 is 2.81 bits per heavy atom. The second-order valence-corrected chi connectivity index (χ2v) is 4.48. The van der Waals surface area contributed by atoms with Crippen LogP contribution >= 0.6 is 11.8 Å². The fourth-order valence-corrected chi connectivity index (χ4v) is 1.58. The van der Waals surface area contributed by atoms with Crippen molar-refractivity contribution in [1.29, 1.82) is 0 Å². The van der Waals surface area contributed by atoms with Crippen molar-refractivity contribution >= 4 is 11.8 Å². The quantitative estimate of drug-likeness (QED) is 0.674. The molecular formula is C9H17N3O3S. The highest BCUT2D eigenvalue weighted by atomic mass is 32.2. The van der Waals surface area contributed by atoms with Gasteiger partial charge in [0.15, 0.2) is 0 Å². The van der Waals surface area contributed by atoms with E-state index in [-0.39, 0.29) is 12.6 Å². The third-order valence-corrected chi connectivity index (χ3v) is 2.61. The lowest BCUT2D eigenvalue weighted by Crippen LogP contribution is -2.20. The molecule has 0 saturated heterocycles. The number of hydrogen-bond donors (Lipinski definition) is 2. The van der Waals surface area contributed by atoms with Gasteiger partial charge in [0.05, 0.1) is 25.4 Å². The van der Waals surface area contributed by atoms with E-state index in [9.17, 15) is 5.11 Å². The van der Waals surface area contributed by atoms with E-state index in [1.807, 2.05) is 13.8 Å². The van der Waals surface area contributed by atoms with E-state index in [2.05, 4.69) is 10.2 Å². The van der Waals surface area contributed by atoms with Crippen LogP contribution in [0.2, 0.25) is 0 Å². The molecule has 0 aliphatic rings. The largest absolute Gasteiger partial charge is 0.415 e. The molecule has 0 aliphatic carbocycles. The molecule has 0 amide bonds. The highest BCUT2D eigenvalue weighted by molar-refractivity contribution is 7.99. The van der Waals surface area contributed by atoms with Crippen LogP contribution in [0.3, 0.4) is 0 Å². The van der Waals surface area contributed by atoms with Gasteiger partial charge in [0, 0.05) is 5.75 Å². The normalized spacial score (nSPS) is 13.3. The summed E-state index contributed by atoms with van der Waals surface area (Å²) in [4.78, 5) is 0. The number of ether oxygens (including phenoxy) is 1. The van der Waals surface area contributed by atoms with E-state index in [4.69, 9.17) is 14.9 Å². The van der Waals surface area contributed by atoms with E-state index in [1.54, 1.807) is 0 Å². The molecule has 1 atom stereocenters. The summed E-state index contributed by atoms with van der Waals surface area (Å²) >= 11 is 1.29. The molecule has 0 saturated carbocycles. The van der Waals surface area contributed by atoms with Gasteiger partial charge in [0.1, 0.15) is 0 Å². The van der Waals surface area contributed by atoms with Crippen molar-refractivity contribution in [2.75, 3.05) is 12.4 Å². The third-order valence-electron chi connectivity index (χ3n) is 1.64. The molecule has 0 spiro atoms. The molecule has 7 heteroatoms. The van der Waals surface area contributed by atoms with E-state index in [0.717, 1.165) is 0 Å². The Kier molecular flexibility index (Phi) is 5.75. The summed E-state index contributed by atoms with van der Waals surface area (Å²) in [6, 6.07) is 0. The second kappa shape index (κ2) is 6.85. The molecule has 1 aromatic heterocycles. The number of nitrogens with two attached hydrogens (primary N) is 1. The number of aromatic nitrogens is 2. The molecule has 16 heavy (non-hydrogen) atoms. The highest BCUT2D eigenvalue weighted by Crippen LogP contribution is 2.16. The van der Waals surface area contributed by atoms with Gasteiger partial charge in [-0.15, -0.1) is 10.2 Å². The van der Waals surface area contributed by atoms with Crippen LogP contribution in [0.25, 0.3) is 0 Å². The minimum Gasteiger partial charge on any atom is -0.415 e. The summed E-state index contributed by atoms with van der Waals surface area (Å²) < 4.78 is 10.4. The average Bonchev–Trinajstić information content (AvgIpc) is 2.71. The van der Waals surface area contributed by atoms with Crippen LogP contribution in [0, 0.1) is 0 Å². The first-order chi connectivity index (χ1) is 7.61. The minimum atomic E-state index is -0.541. The molecule has 92 valence electrons. The number of nitrogens with zero attached hydrogens (tertiary/aromatic N) is 2. The maximum atomic E-state index is 9.56. The molecule has 1 heterocycles. The average molecular weight is 247 g/mol. The Balaban J connectivity index is 2.23. The van der Waals surface area contributed by atoms with Crippen molar-refractivity contribution in [2.45, 2.75) is 37.8 Å². The van der Waals surface area contributed by atoms with Gasteiger partial charge in [-0.05, 0) is 13.8 Å². The molecule has 0 fully saturated rings. The fourth-order valence-electron chi connectivity index (χ4n) is 0.898.